The number of carbonyl (C=O) groups excluding carboxylic acids is 1. The topological polar surface area (TPSA) is 47.6 Å². The lowest BCUT2D eigenvalue weighted by atomic mass is 10.3. The van der Waals surface area contributed by atoms with Crippen LogP contribution in [0, 0.1) is 3.57 Å². The summed E-state index contributed by atoms with van der Waals surface area (Å²) < 4.78 is 11.1. The van der Waals surface area contributed by atoms with Crippen LogP contribution in [-0.2, 0) is 14.3 Å². The van der Waals surface area contributed by atoms with Crippen molar-refractivity contribution in [1.82, 2.24) is 0 Å². The Bertz CT molecular complexity index is 357. The van der Waals surface area contributed by atoms with Gasteiger partial charge in [0.1, 0.15) is 6.61 Å². The van der Waals surface area contributed by atoms with Crippen LogP contribution in [0.25, 0.3) is 0 Å². The fraction of sp³-hybridized carbons (Fsp3) is 0.417. The Kier molecular flexibility index (Phi) is 6.95. The van der Waals surface area contributed by atoms with Crippen LogP contribution in [0.4, 0.5) is 5.69 Å². The lowest BCUT2D eigenvalue weighted by Crippen LogP contribution is -2.16. The number of carbonyl (C=O) groups is 1. The van der Waals surface area contributed by atoms with Gasteiger partial charge >= 0.3 is 5.97 Å². The molecule has 0 aliphatic heterocycles. The van der Waals surface area contributed by atoms with E-state index in [1.165, 1.54) is 0 Å². The summed E-state index contributed by atoms with van der Waals surface area (Å²) in [6.07, 6.45) is 0. The third-order valence-electron chi connectivity index (χ3n) is 1.96. The predicted molar refractivity (Wildman–Crippen MR) is 75.1 cm³/mol. The summed E-state index contributed by atoms with van der Waals surface area (Å²) >= 11 is 2.27. The Balaban J connectivity index is 2.13. The molecular weight excluding hydrogens is 333 g/mol. The largest absolute Gasteiger partial charge is 0.464 e. The van der Waals surface area contributed by atoms with Crippen LogP contribution in [0.3, 0.4) is 0 Å². The van der Waals surface area contributed by atoms with Crippen molar-refractivity contribution in [1.29, 1.82) is 0 Å². The summed E-state index contributed by atoms with van der Waals surface area (Å²) in [5.41, 5.74) is 1.08. The molecule has 0 amide bonds. The molecule has 0 aliphatic carbocycles. The van der Waals surface area contributed by atoms with E-state index in [1.54, 1.807) is 6.92 Å². The third-order valence-corrected chi connectivity index (χ3v) is 2.90. The summed E-state index contributed by atoms with van der Waals surface area (Å²) in [6.45, 7) is 3.32. The SMILES string of the molecule is CCOC(=O)COCCNc1ccccc1I. The van der Waals surface area contributed by atoms with E-state index in [0.717, 1.165) is 9.26 Å². The molecule has 1 aromatic rings. The number of benzene rings is 1. The fourth-order valence-electron chi connectivity index (χ4n) is 1.22. The molecule has 0 fully saturated rings. The Morgan fingerprint density at radius 1 is 1.41 bits per heavy atom. The van der Waals surface area contributed by atoms with Crippen LogP contribution in [0.2, 0.25) is 0 Å². The molecule has 0 heterocycles. The molecule has 94 valence electrons. The predicted octanol–water partition coefficient (Wildman–Crippen LogP) is 2.28. The number of nitrogens with one attached hydrogen (secondary N) is 1. The maximum absolute atomic E-state index is 11.0. The number of anilines is 1. The molecule has 0 aromatic heterocycles. The number of esters is 1. The van der Waals surface area contributed by atoms with E-state index in [1.807, 2.05) is 24.3 Å². The first kappa shape index (κ1) is 14.2. The van der Waals surface area contributed by atoms with E-state index in [0.29, 0.717) is 19.8 Å². The molecule has 5 heteroatoms. The van der Waals surface area contributed by atoms with Crippen molar-refractivity contribution >= 4 is 34.2 Å². The first-order valence-electron chi connectivity index (χ1n) is 5.45. The lowest BCUT2D eigenvalue weighted by Gasteiger charge is -2.08. The van der Waals surface area contributed by atoms with Crippen molar-refractivity contribution in [2.45, 2.75) is 6.92 Å². The Morgan fingerprint density at radius 2 is 2.18 bits per heavy atom. The normalized spacial score (nSPS) is 10.0. The summed E-state index contributed by atoms with van der Waals surface area (Å²) in [5, 5.41) is 3.23. The zero-order chi connectivity index (χ0) is 12.5. The van der Waals surface area contributed by atoms with Crippen LogP contribution in [0.15, 0.2) is 24.3 Å². The minimum absolute atomic E-state index is 0.0153. The molecule has 4 nitrogen and oxygen atoms in total. The standard InChI is InChI=1S/C12H16INO3/c1-2-17-12(15)9-16-8-7-14-11-6-4-3-5-10(11)13/h3-6,14H,2,7-9H2,1H3. The van der Waals surface area contributed by atoms with E-state index < -0.39 is 0 Å². The number of ether oxygens (including phenoxy) is 2. The van der Waals surface area contributed by atoms with Crippen LogP contribution in [-0.4, -0.2) is 32.3 Å². The summed E-state index contributed by atoms with van der Waals surface area (Å²) in [5.74, 6) is -0.318. The van der Waals surface area contributed by atoms with E-state index >= 15 is 0 Å². The molecule has 0 atom stereocenters. The highest BCUT2D eigenvalue weighted by Gasteiger charge is 2.01. The second-order valence-electron chi connectivity index (χ2n) is 3.26. The molecule has 17 heavy (non-hydrogen) atoms. The number of halogens is 1. The van der Waals surface area contributed by atoms with Crippen LogP contribution < -0.4 is 5.32 Å². The van der Waals surface area contributed by atoms with Gasteiger partial charge in [0, 0.05) is 15.8 Å². The third kappa shape index (κ3) is 5.88. The first-order valence-corrected chi connectivity index (χ1v) is 6.53. The first-order chi connectivity index (χ1) is 8.24. The Hall–Kier alpha value is -0.820. The Morgan fingerprint density at radius 3 is 2.88 bits per heavy atom. The van der Waals surface area contributed by atoms with Crippen molar-refractivity contribution < 1.29 is 14.3 Å². The van der Waals surface area contributed by atoms with E-state index in [4.69, 9.17) is 9.47 Å². The van der Waals surface area contributed by atoms with Crippen molar-refractivity contribution in [3.8, 4) is 0 Å². The second kappa shape index (κ2) is 8.30. The summed E-state index contributed by atoms with van der Waals surface area (Å²) in [6, 6.07) is 8.00. The smallest absolute Gasteiger partial charge is 0.332 e. The molecule has 1 aromatic carbocycles. The zero-order valence-corrected chi connectivity index (χ0v) is 11.9. The summed E-state index contributed by atoms with van der Waals surface area (Å²) in [4.78, 5) is 11.0. The van der Waals surface area contributed by atoms with E-state index in [2.05, 4.69) is 27.9 Å². The van der Waals surface area contributed by atoms with Gasteiger partial charge in [-0.3, -0.25) is 0 Å². The molecule has 0 saturated heterocycles. The Labute approximate surface area is 115 Å². The van der Waals surface area contributed by atoms with E-state index in [9.17, 15) is 4.79 Å². The number of hydrogen-bond acceptors (Lipinski definition) is 4. The highest BCUT2D eigenvalue weighted by Crippen LogP contribution is 2.16. The van der Waals surface area contributed by atoms with Gasteiger partial charge < -0.3 is 14.8 Å². The van der Waals surface area contributed by atoms with Gasteiger partial charge in [0.05, 0.1) is 13.2 Å². The van der Waals surface area contributed by atoms with Crippen molar-refractivity contribution in [2.75, 3.05) is 31.7 Å². The molecule has 0 saturated carbocycles. The highest BCUT2D eigenvalue weighted by molar-refractivity contribution is 14.1. The van der Waals surface area contributed by atoms with Crippen LogP contribution in [0.5, 0.6) is 0 Å². The van der Waals surface area contributed by atoms with Gasteiger partial charge in [-0.05, 0) is 41.6 Å². The molecule has 0 radical (unpaired) electrons. The van der Waals surface area contributed by atoms with Crippen molar-refractivity contribution in [3.05, 3.63) is 27.8 Å². The molecule has 1 rings (SSSR count). The minimum Gasteiger partial charge on any atom is -0.464 e. The lowest BCUT2D eigenvalue weighted by molar-refractivity contribution is -0.148. The molecular formula is C12H16INO3. The molecule has 0 spiro atoms. The van der Waals surface area contributed by atoms with Gasteiger partial charge in [-0.15, -0.1) is 0 Å². The van der Waals surface area contributed by atoms with Crippen molar-refractivity contribution in [3.63, 3.8) is 0 Å². The van der Waals surface area contributed by atoms with Crippen molar-refractivity contribution in [2.24, 2.45) is 0 Å². The average molecular weight is 349 g/mol. The minimum atomic E-state index is -0.318. The maximum Gasteiger partial charge on any atom is 0.332 e. The quantitative estimate of drug-likeness (QED) is 0.466. The zero-order valence-electron chi connectivity index (χ0n) is 9.74. The monoisotopic (exact) mass is 349 g/mol. The van der Waals surface area contributed by atoms with Gasteiger partial charge in [0.25, 0.3) is 0 Å². The highest BCUT2D eigenvalue weighted by atomic mass is 127. The number of rotatable bonds is 7. The van der Waals surface area contributed by atoms with Gasteiger partial charge in [-0.25, -0.2) is 4.79 Å². The van der Waals surface area contributed by atoms with Gasteiger partial charge in [-0.2, -0.15) is 0 Å². The second-order valence-corrected chi connectivity index (χ2v) is 4.43. The van der Waals surface area contributed by atoms with E-state index in [-0.39, 0.29) is 12.6 Å². The van der Waals surface area contributed by atoms with Gasteiger partial charge in [0.2, 0.25) is 0 Å². The molecule has 1 N–H and O–H groups in total. The van der Waals surface area contributed by atoms with Crippen LogP contribution in [0.1, 0.15) is 6.92 Å². The number of para-hydroxylation sites is 1. The summed E-state index contributed by atoms with van der Waals surface area (Å²) in [7, 11) is 0. The van der Waals surface area contributed by atoms with Gasteiger partial charge in [0.15, 0.2) is 0 Å². The average Bonchev–Trinajstić information content (AvgIpc) is 2.31. The maximum atomic E-state index is 11.0. The molecule has 0 unspecified atom stereocenters. The van der Waals surface area contributed by atoms with Crippen LogP contribution >= 0.6 is 22.6 Å². The van der Waals surface area contributed by atoms with Gasteiger partial charge in [-0.1, -0.05) is 12.1 Å². The molecule has 0 bridgehead atoms. The fourth-order valence-corrected chi connectivity index (χ4v) is 1.80. The number of hydrogen-bond donors (Lipinski definition) is 1. The molecule has 0 aliphatic rings.